The van der Waals surface area contributed by atoms with Crippen molar-refractivity contribution in [1.82, 2.24) is 4.72 Å². The van der Waals surface area contributed by atoms with E-state index in [1.165, 1.54) is 11.1 Å². The number of halogens is 1. The summed E-state index contributed by atoms with van der Waals surface area (Å²) in [4.78, 5) is 15.8. The predicted molar refractivity (Wildman–Crippen MR) is 169 cm³/mol. The second-order valence-electron chi connectivity index (χ2n) is 13.2. The molecule has 2 unspecified atom stereocenters. The molecule has 1 amide bonds. The number of carbonyl (C=O) groups is 1. The van der Waals surface area contributed by atoms with Gasteiger partial charge in [-0.05, 0) is 111 Å². The van der Waals surface area contributed by atoms with Crippen LogP contribution in [0.1, 0.15) is 73.9 Å². The van der Waals surface area contributed by atoms with E-state index in [9.17, 15) is 18.5 Å². The number of rotatable bonds is 1. The third-order valence-corrected chi connectivity index (χ3v) is 12.6. The minimum absolute atomic E-state index is 0.0396. The number of sulfonamides is 1. The van der Waals surface area contributed by atoms with Crippen LogP contribution in [0, 0.1) is 35.0 Å². The molecule has 9 heteroatoms. The SMILES string of the molecule is CC1CC(CC#N)/C=C/[C@@H]2CC[C@H]2CN2C[C@@]3(CCCc4cc(Cl)ccc43)COc3ccc(cc32)C(=O)NS(=O)(=O)[C@@H]1C. The largest absolute Gasteiger partial charge is 0.490 e. The van der Waals surface area contributed by atoms with Gasteiger partial charge in [-0.25, -0.2) is 13.1 Å². The highest BCUT2D eigenvalue weighted by Gasteiger charge is 2.43. The summed E-state index contributed by atoms with van der Waals surface area (Å²) in [5.74, 6) is 0.609. The summed E-state index contributed by atoms with van der Waals surface area (Å²) in [6.07, 6.45) is 10.5. The van der Waals surface area contributed by atoms with Crippen LogP contribution in [0.5, 0.6) is 5.75 Å². The molecule has 43 heavy (non-hydrogen) atoms. The minimum Gasteiger partial charge on any atom is -0.490 e. The number of amides is 1. The Hall–Kier alpha value is -3.02. The van der Waals surface area contributed by atoms with Crippen molar-refractivity contribution in [3.63, 3.8) is 0 Å². The fourth-order valence-electron chi connectivity index (χ4n) is 7.52. The summed E-state index contributed by atoms with van der Waals surface area (Å²) in [5, 5.41) is 9.45. The Bertz CT molecular complexity index is 1580. The zero-order chi connectivity index (χ0) is 30.4. The molecule has 0 radical (unpaired) electrons. The summed E-state index contributed by atoms with van der Waals surface area (Å²) >= 11 is 6.40. The van der Waals surface area contributed by atoms with E-state index in [0.717, 1.165) is 55.9 Å². The van der Waals surface area contributed by atoms with Gasteiger partial charge in [-0.15, -0.1) is 0 Å². The van der Waals surface area contributed by atoms with Crippen molar-refractivity contribution < 1.29 is 17.9 Å². The van der Waals surface area contributed by atoms with Gasteiger partial charge >= 0.3 is 0 Å². The van der Waals surface area contributed by atoms with E-state index in [1.807, 2.05) is 19.1 Å². The lowest BCUT2D eigenvalue weighted by Crippen LogP contribution is -2.48. The van der Waals surface area contributed by atoms with Crippen LogP contribution in [-0.4, -0.2) is 39.3 Å². The second-order valence-corrected chi connectivity index (χ2v) is 15.7. The van der Waals surface area contributed by atoms with E-state index in [2.05, 4.69) is 40.0 Å². The predicted octanol–water partition coefficient (Wildman–Crippen LogP) is 6.41. The molecule has 6 atom stereocenters. The molecule has 2 aromatic rings. The van der Waals surface area contributed by atoms with E-state index >= 15 is 0 Å². The number of nitrogens with zero attached hydrogens (tertiary/aromatic N) is 2. The van der Waals surface area contributed by atoms with Crippen molar-refractivity contribution in [1.29, 1.82) is 5.26 Å². The van der Waals surface area contributed by atoms with Gasteiger partial charge in [0.25, 0.3) is 5.91 Å². The molecule has 7 nitrogen and oxygen atoms in total. The van der Waals surface area contributed by atoms with E-state index in [0.29, 0.717) is 42.6 Å². The summed E-state index contributed by atoms with van der Waals surface area (Å²) in [6, 6.07) is 13.8. The number of nitriles is 1. The van der Waals surface area contributed by atoms with Crippen LogP contribution in [0.2, 0.25) is 5.02 Å². The van der Waals surface area contributed by atoms with E-state index < -0.39 is 21.2 Å². The normalized spacial score (nSPS) is 32.6. The Morgan fingerprint density at radius 2 is 2.00 bits per heavy atom. The maximum absolute atomic E-state index is 13.4. The van der Waals surface area contributed by atoms with E-state index in [4.69, 9.17) is 16.3 Å². The van der Waals surface area contributed by atoms with E-state index in [-0.39, 0.29) is 17.3 Å². The molecule has 2 heterocycles. The molecule has 6 rings (SSSR count). The molecule has 2 aliphatic carbocycles. The zero-order valence-electron chi connectivity index (χ0n) is 24.9. The number of anilines is 1. The molecule has 1 fully saturated rings. The lowest BCUT2D eigenvalue weighted by atomic mass is 9.69. The summed E-state index contributed by atoms with van der Waals surface area (Å²) in [6.45, 7) is 5.57. The van der Waals surface area contributed by atoms with Crippen molar-refractivity contribution >= 4 is 33.2 Å². The first-order chi connectivity index (χ1) is 20.6. The van der Waals surface area contributed by atoms with Gasteiger partial charge in [-0.2, -0.15) is 5.26 Å². The fourth-order valence-corrected chi connectivity index (χ4v) is 9.00. The Morgan fingerprint density at radius 3 is 2.77 bits per heavy atom. The molecule has 228 valence electrons. The standard InChI is InChI=1S/C34H40ClN3O4S/c1-22-16-24(13-15-36)5-6-25-7-8-28(25)19-38-20-34(14-3-4-26-17-29(35)10-11-30(26)34)21-42-32-12-9-27(18-31(32)38)33(39)37-43(40,41)23(22)2/h5-6,9-12,17-18,22-25,28H,3-4,7-8,13-14,16,19-21H2,1-2H3,(H,37,39)/b6-5+/t22?,23-,24?,25-,28+,34+/m1/s1. The van der Waals surface area contributed by atoms with Crippen molar-refractivity contribution in [3.05, 3.63) is 70.3 Å². The topological polar surface area (TPSA) is 99.5 Å². The van der Waals surface area contributed by atoms with Crippen molar-refractivity contribution in [2.45, 2.75) is 69.5 Å². The number of benzene rings is 2. The molecule has 2 aromatic carbocycles. The monoisotopic (exact) mass is 621 g/mol. The molecule has 0 saturated heterocycles. The van der Waals surface area contributed by atoms with Crippen molar-refractivity contribution in [2.75, 3.05) is 24.6 Å². The van der Waals surface area contributed by atoms with Gasteiger partial charge in [0.15, 0.2) is 0 Å². The highest BCUT2D eigenvalue weighted by atomic mass is 35.5. The van der Waals surface area contributed by atoms with E-state index in [1.54, 1.807) is 19.1 Å². The summed E-state index contributed by atoms with van der Waals surface area (Å²) < 4.78 is 35.5. The molecule has 2 bridgehead atoms. The van der Waals surface area contributed by atoms with Gasteiger partial charge in [-0.1, -0.05) is 36.7 Å². The number of carbonyl (C=O) groups excluding carboxylic acids is 1. The highest BCUT2D eigenvalue weighted by molar-refractivity contribution is 7.90. The third-order valence-electron chi connectivity index (χ3n) is 10.4. The van der Waals surface area contributed by atoms with Crippen molar-refractivity contribution in [2.24, 2.45) is 23.7 Å². The molecule has 1 N–H and O–H groups in total. The van der Waals surface area contributed by atoms with Gasteiger partial charge in [0.05, 0.1) is 23.6 Å². The van der Waals surface area contributed by atoms with Gasteiger partial charge in [0, 0.05) is 35.5 Å². The van der Waals surface area contributed by atoms with Crippen LogP contribution >= 0.6 is 11.6 Å². The van der Waals surface area contributed by atoms with Crippen LogP contribution in [0.15, 0.2) is 48.6 Å². The first-order valence-electron chi connectivity index (χ1n) is 15.5. The smallest absolute Gasteiger partial charge is 0.264 e. The maximum atomic E-state index is 13.4. The number of ether oxygens (including phenoxy) is 1. The second kappa shape index (κ2) is 11.8. The molecule has 2 aliphatic heterocycles. The van der Waals surface area contributed by atoms with Crippen LogP contribution in [0.3, 0.4) is 0 Å². The fraction of sp³-hybridized carbons (Fsp3) is 0.529. The quantitative estimate of drug-likeness (QED) is 0.369. The molecule has 4 aliphatic rings. The van der Waals surface area contributed by atoms with Gasteiger partial charge in [0.1, 0.15) is 5.75 Å². The van der Waals surface area contributed by atoms with Gasteiger partial charge < -0.3 is 9.64 Å². The molecule has 1 saturated carbocycles. The Labute approximate surface area is 260 Å². The average Bonchev–Trinajstić information content (AvgIpc) is 3.11. The Balaban J connectivity index is 1.42. The Kier molecular flexibility index (Phi) is 8.25. The average molecular weight is 622 g/mol. The van der Waals surface area contributed by atoms with Crippen LogP contribution in [0.25, 0.3) is 0 Å². The number of fused-ring (bicyclic) bond motifs is 4. The van der Waals surface area contributed by atoms with Crippen LogP contribution < -0.4 is 14.4 Å². The molecular weight excluding hydrogens is 582 g/mol. The molecule has 1 spiro atoms. The lowest BCUT2D eigenvalue weighted by Gasteiger charge is -2.44. The van der Waals surface area contributed by atoms with Crippen LogP contribution in [0.4, 0.5) is 5.69 Å². The maximum Gasteiger partial charge on any atom is 0.264 e. The van der Waals surface area contributed by atoms with Gasteiger partial charge in [-0.3, -0.25) is 4.79 Å². The third kappa shape index (κ3) is 5.91. The molecule has 0 aromatic heterocycles. The zero-order valence-corrected chi connectivity index (χ0v) is 26.5. The first kappa shape index (κ1) is 30.0. The molecular formula is C34H40ClN3O4S. The van der Waals surface area contributed by atoms with Gasteiger partial charge in [0.2, 0.25) is 10.0 Å². The van der Waals surface area contributed by atoms with Crippen molar-refractivity contribution in [3.8, 4) is 11.8 Å². The minimum atomic E-state index is -3.95. The lowest BCUT2D eigenvalue weighted by molar-refractivity contribution is 0.0980. The number of hydrogen-bond acceptors (Lipinski definition) is 6. The van der Waals surface area contributed by atoms with Crippen LogP contribution in [-0.2, 0) is 21.9 Å². The first-order valence-corrected chi connectivity index (χ1v) is 17.4. The summed E-state index contributed by atoms with van der Waals surface area (Å²) in [5.41, 5.74) is 3.43. The Morgan fingerprint density at radius 1 is 1.16 bits per heavy atom. The highest BCUT2D eigenvalue weighted by Crippen LogP contribution is 2.46. The number of hydrogen-bond donors (Lipinski definition) is 1. The number of aryl methyl sites for hydroxylation is 1. The summed E-state index contributed by atoms with van der Waals surface area (Å²) in [7, 11) is -3.95. The number of allylic oxidation sites excluding steroid dienone is 2. The number of nitrogens with one attached hydrogen (secondary N) is 1.